The molecule has 146 valence electrons. The van der Waals surface area contributed by atoms with E-state index in [0.29, 0.717) is 26.3 Å². The Kier molecular flexibility index (Phi) is 7.52. The van der Waals surface area contributed by atoms with E-state index < -0.39 is 6.36 Å². The fourth-order valence-corrected chi connectivity index (χ4v) is 2.67. The molecular formula is C17H24F3N3O3. The van der Waals surface area contributed by atoms with Crippen molar-refractivity contribution in [2.24, 2.45) is 0 Å². The van der Waals surface area contributed by atoms with Crippen LogP contribution in [0.5, 0.6) is 5.75 Å². The number of para-hydroxylation sites is 1. The number of benzene rings is 1. The molecule has 9 heteroatoms. The molecule has 0 radical (unpaired) electrons. The molecule has 1 aliphatic rings. The summed E-state index contributed by atoms with van der Waals surface area (Å²) in [7, 11) is 0. The Balaban J connectivity index is 1.79. The molecule has 0 bridgehead atoms. The lowest BCUT2D eigenvalue weighted by Gasteiger charge is -2.34. The van der Waals surface area contributed by atoms with Crippen molar-refractivity contribution >= 4 is 6.03 Å². The van der Waals surface area contributed by atoms with Gasteiger partial charge in [-0.1, -0.05) is 18.2 Å². The van der Waals surface area contributed by atoms with E-state index in [-0.39, 0.29) is 23.9 Å². The topological polar surface area (TPSA) is 54.0 Å². The van der Waals surface area contributed by atoms with Gasteiger partial charge in [0.15, 0.2) is 0 Å². The van der Waals surface area contributed by atoms with E-state index in [4.69, 9.17) is 4.74 Å². The van der Waals surface area contributed by atoms with Crippen LogP contribution < -0.4 is 10.1 Å². The number of carbonyl (C=O) groups excluding carboxylic acids is 1. The van der Waals surface area contributed by atoms with Crippen molar-refractivity contribution in [1.29, 1.82) is 0 Å². The first-order valence-electron chi connectivity index (χ1n) is 8.55. The van der Waals surface area contributed by atoms with Crippen LogP contribution >= 0.6 is 0 Å². The van der Waals surface area contributed by atoms with Crippen LogP contribution in [-0.4, -0.2) is 68.1 Å². The van der Waals surface area contributed by atoms with Gasteiger partial charge in [0.1, 0.15) is 5.75 Å². The molecule has 0 atom stereocenters. The van der Waals surface area contributed by atoms with Crippen LogP contribution in [-0.2, 0) is 11.3 Å². The SMILES string of the molecule is CCOCCN1CCN(C(=O)NCc2ccccc2OC(F)(F)F)CC1. The number of hydrogen-bond acceptors (Lipinski definition) is 4. The van der Waals surface area contributed by atoms with Crippen LogP contribution in [0, 0.1) is 0 Å². The lowest BCUT2D eigenvalue weighted by atomic mass is 10.2. The van der Waals surface area contributed by atoms with Crippen molar-refractivity contribution in [3.05, 3.63) is 29.8 Å². The minimum Gasteiger partial charge on any atom is -0.405 e. The number of halogens is 3. The Morgan fingerprint density at radius 1 is 1.19 bits per heavy atom. The van der Waals surface area contributed by atoms with Gasteiger partial charge in [0.25, 0.3) is 0 Å². The van der Waals surface area contributed by atoms with Gasteiger partial charge in [0, 0.05) is 51.4 Å². The third-order valence-corrected chi connectivity index (χ3v) is 4.04. The molecule has 1 saturated heterocycles. The van der Waals surface area contributed by atoms with Crippen molar-refractivity contribution in [2.45, 2.75) is 19.8 Å². The fourth-order valence-electron chi connectivity index (χ4n) is 2.67. The van der Waals surface area contributed by atoms with Crippen molar-refractivity contribution in [2.75, 3.05) is 45.9 Å². The monoisotopic (exact) mass is 375 g/mol. The number of rotatable bonds is 7. The van der Waals surface area contributed by atoms with E-state index in [9.17, 15) is 18.0 Å². The van der Waals surface area contributed by atoms with Crippen molar-refractivity contribution < 1.29 is 27.4 Å². The lowest BCUT2D eigenvalue weighted by Crippen LogP contribution is -2.52. The van der Waals surface area contributed by atoms with Gasteiger partial charge < -0.3 is 19.7 Å². The standard InChI is InChI=1S/C17H24F3N3O3/c1-2-25-12-11-22-7-9-23(10-8-22)16(24)21-13-14-5-3-4-6-15(14)26-17(18,19)20/h3-6H,2,7-13H2,1H3,(H,21,24). The molecule has 1 aromatic rings. The molecular weight excluding hydrogens is 351 g/mol. The molecule has 1 N–H and O–H groups in total. The summed E-state index contributed by atoms with van der Waals surface area (Å²) in [6, 6.07) is 5.48. The highest BCUT2D eigenvalue weighted by Crippen LogP contribution is 2.26. The van der Waals surface area contributed by atoms with Crippen LogP contribution in [0.15, 0.2) is 24.3 Å². The van der Waals surface area contributed by atoms with Crippen LogP contribution in [0.4, 0.5) is 18.0 Å². The second-order valence-corrected chi connectivity index (χ2v) is 5.84. The number of alkyl halides is 3. The van der Waals surface area contributed by atoms with Crippen LogP contribution in [0.25, 0.3) is 0 Å². The maximum atomic E-state index is 12.4. The number of amides is 2. The molecule has 0 aromatic heterocycles. The highest BCUT2D eigenvalue weighted by Gasteiger charge is 2.32. The first-order chi connectivity index (χ1) is 12.4. The van der Waals surface area contributed by atoms with Crippen LogP contribution in [0.1, 0.15) is 12.5 Å². The zero-order chi connectivity index (χ0) is 19.0. The minimum atomic E-state index is -4.77. The van der Waals surface area contributed by atoms with Gasteiger partial charge in [-0.25, -0.2) is 4.79 Å². The summed E-state index contributed by atoms with van der Waals surface area (Å²) in [5.41, 5.74) is 0.272. The number of nitrogens with one attached hydrogen (secondary N) is 1. The molecule has 26 heavy (non-hydrogen) atoms. The third kappa shape index (κ3) is 6.72. The van der Waals surface area contributed by atoms with Gasteiger partial charge in [-0.05, 0) is 13.0 Å². The lowest BCUT2D eigenvalue weighted by molar-refractivity contribution is -0.274. The summed E-state index contributed by atoms with van der Waals surface area (Å²) in [4.78, 5) is 16.1. The molecule has 1 aromatic carbocycles. The second-order valence-electron chi connectivity index (χ2n) is 5.84. The largest absolute Gasteiger partial charge is 0.573 e. The average Bonchev–Trinajstić information content (AvgIpc) is 2.60. The third-order valence-electron chi connectivity index (χ3n) is 4.04. The van der Waals surface area contributed by atoms with E-state index in [1.54, 1.807) is 11.0 Å². The van der Waals surface area contributed by atoms with E-state index in [2.05, 4.69) is 15.0 Å². The van der Waals surface area contributed by atoms with E-state index >= 15 is 0 Å². The van der Waals surface area contributed by atoms with Crippen LogP contribution in [0.2, 0.25) is 0 Å². The maximum absolute atomic E-state index is 12.4. The van der Waals surface area contributed by atoms with E-state index in [0.717, 1.165) is 19.6 Å². The fraction of sp³-hybridized carbons (Fsp3) is 0.588. The number of piperazine rings is 1. The quantitative estimate of drug-likeness (QED) is 0.744. The van der Waals surface area contributed by atoms with E-state index in [1.165, 1.54) is 18.2 Å². The molecule has 0 spiro atoms. The summed E-state index contributed by atoms with van der Waals surface area (Å²) in [5.74, 6) is -0.305. The predicted octanol–water partition coefficient (Wildman–Crippen LogP) is 2.45. The Labute approximate surface area is 150 Å². The maximum Gasteiger partial charge on any atom is 0.573 e. The first kappa shape index (κ1) is 20.3. The number of nitrogens with zero attached hydrogens (tertiary/aromatic N) is 2. The minimum absolute atomic E-state index is 0.0321. The Morgan fingerprint density at radius 3 is 2.54 bits per heavy atom. The molecule has 6 nitrogen and oxygen atoms in total. The number of hydrogen-bond donors (Lipinski definition) is 1. The van der Waals surface area contributed by atoms with E-state index in [1.807, 2.05) is 6.92 Å². The highest BCUT2D eigenvalue weighted by atomic mass is 19.4. The van der Waals surface area contributed by atoms with Crippen molar-refractivity contribution in [3.8, 4) is 5.75 Å². The zero-order valence-corrected chi connectivity index (χ0v) is 14.7. The molecule has 2 rings (SSSR count). The average molecular weight is 375 g/mol. The smallest absolute Gasteiger partial charge is 0.405 e. The molecule has 1 heterocycles. The van der Waals surface area contributed by atoms with Gasteiger partial charge in [-0.2, -0.15) is 0 Å². The highest BCUT2D eigenvalue weighted by molar-refractivity contribution is 5.74. The van der Waals surface area contributed by atoms with Gasteiger partial charge in [0.2, 0.25) is 0 Å². The van der Waals surface area contributed by atoms with Crippen molar-refractivity contribution in [1.82, 2.24) is 15.1 Å². The summed E-state index contributed by atoms with van der Waals surface area (Å²) in [6.07, 6.45) is -4.77. The molecule has 1 fully saturated rings. The number of ether oxygens (including phenoxy) is 2. The Hall–Kier alpha value is -2.00. The molecule has 2 amide bonds. The Bertz CT molecular complexity index is 576. The number of carbonyl (C=O) groups is 1. The van der Waals surface area contributed by atoms with Gasteiger partial charge >= 0.3 is 12.4 Å². The second kappa shape index (κ2) is 9.63. The normalized spacial score (nSPS) is 15.8. The Morgan fingerprint density at radius 2 is 1.88 bits per heavy atom. The van der Waals surface area contributed by atoms with Gasteiger partial charge in [0.05, 0.1) is 6.61 Å². The summed E-state index contributed by atoms with van der Waals surface area (Å²) >= 11 is 0. The predicted molar refractivity (Wildman–Crippen MR) is 89.9 cm³/mol. The first-order valence-corrected chi connectivity index (χ1v) is 8.55. The molecule has 0 saturated carbocycles. The zero-order valence-electron chi connectivity index (χ0n) is 14.7. The summed E-state index contributed by atoms with van der Waals surface area (Å²) in [5, 5.41) is 2.66. The molecule has 0 unspecified atom stereocenters. The number of urea groups is 1. The summed E-state index contributed by atoms with van der Waals surface area (Å²) in [6.45, 7) is 6.71. The van der Waals surface area contributed by atoms with Crippen molar-refractivity contribution in [3.63, 3.8) is 0 Å². The van der Waals surface area contributed by atoms with Gasteiger partial charge in [-0.15, -0.1) is 13.2 Å². The molecule has 1 aliphatic heterocycles. The van der Waals surface area contributed by atoms with Crippen LogP contribution in [0.3, 0.4) is 0 Å². The van der Waals surface area contributed by atoms with Gasteiger partial charge in [-0.3, -0.25) is 4.90 Å². The molecule has 0 aliphatic carbocycles. The summed E-state index contributed by atoms with van der Waals surface area (Å²) < 4.78 is 46.6.